The minimum atomic E-state index is -4.35. The van der Waals surface area contributed by atoms with Crippen LogP contribution >= 0.6 is 7.82 Å². The third-order valence-electron chi connectivity index (χ3n) is 13.8. The van der Waals surface area contributed by atoms with Crippen molar-refractivity contribution in [2.24, 2.45) is 0 Å². The van der Waals surface area contributed by atoms with Crippen LogP contribution in [0.25, 0.3) is 0 Å². The molecule has 0 aromatic heterocycles. The van der Waals surface area contributed by atoms with Gasteiger partial charge >= 0.3 is 7.82 Å². The van der Waals surface area contributed by atoms with Crippen molar-refractivity contribution in [2.45, 2.75) is 309 Å². The Balaban J connectivity index is 4.18. The van der Waals surface area contributed by atoms with Gasteiger partial charge in [0.05, 0.1) is 39.9 Å². The summed E-state index contributed by atoms with van der Waals surface area (Å²) in [5.74, 6) is -0.182. The molecule has 0 aliphatic carbocycles. The molecule has 9 heteroatoms. The Bertz CT molecular complexity index is 1230. The van der Waals surface area contributed by atoms with Gasteiger partial charge in [-0.1, -0.05) is 269 Å². The maximum absolute atomic E-state index is 13.0. The largest absolute Gasteiger partial charge is 0.472 e. The standard InChI is InChI=1S/C61H119N2O6P/c1-6-8-10-12-14-16-18-20-22-24-26-28-29-30-31-32-33-35-37-39-41-43-45-47-49-51-53-55-61(65)62-59(58-69-70(66,67)68-57-56-63(3,4)5)60(64)54-52-50-48-46-44-42-40-38-36-34-27-25-23-21-19-17-15-13-11-9-7-2/h24,26,44,46,52,54,59-60,64H,6-23,25,27-43,45,47-51,53,55-58H2,1-5H3,(H-,62,65,66,67)/p+1/b26-24-,46-44+,54-52+. The van der Waals surface area contributed by atoms with Crippen LogP contribution in [0.15, 0.2) is 36.5 Å². The van der Waals surface area contributed by atoms with Gasteiger partial charge < -0.3 is 19.8 Å². The molecule has 0 aliphatic heterocycles. The number of quaternary nitrogens is 1. The smallest absolute Gasteiger partial charge is 0.387 e. The van der Waals surface area contributed by atoms with Gasteiger partial charge in [-0.2, -0.15) is 0 Å². The van der Waals surface area contributed by atoms with Gasteiger partial charge in [0, 0.05) is 6.42 Å². The Morgan fingerprint density at radius 1 is 0.471 bits per heavy atom. The average Bonchev–Trinajstić information content (AvgIpc) is 3.32. The molecule has 0 bridgehead atoms. The molecule has 0 saturated heterocycles. The van der Waals surface area contributed by atoms with E-state index in [-0.39, 0.29) is 19.1 Å². The zero-order chi connectivity index (χ0) is 51.3. The van der Waals surface area contributed by atoms with Crippen molar-refractivity contribution in [3.05, 3.63) is 36.5 Å². The molecular weight excluding hydrogens is 888 g/mol. The maximum atomic E-state index is 13.0. The number of hydrogen-bond acceptors (Lipinski definition) is 5. The normalized spacial score (nSPS) is 14.1. The number of nitrogens with zero attached hydrogens (tertiary/aromatic N) is 1. The number of unbranched alkanes of at least 4 members (excludes halogenated alkanes) is 39. The van der Waals surface area contributed by atoms with E-state index in [0.717, 1.165) is 38.5 Å². The van der Waals surface area contributed by atoms with Crippen molar-refractivity contribution < 1.29 is 32.9 Å². The van der Waals surface area contributed by atoms with Crippen LogP contribution in [0.2, 0.25) is 0 Å². The van der Waals surface area contributed by atoms with E-state index in [1.807, 2.05) is 27.2 Å². The molecule has 414 valence electrons. The fourth-order valence-corrected chi connectivity index (χ4v) is 9.79. The Morgan fingerprint density at radius 3 is 1.14 bits per heavy atom. The molecule has 1 amide bonds. The summed E-state index contributed by atoms with van der Waals surface area (Å²) in [6.07, 6.45) is 68.3. The van der Waals surface area contributed by atoms with Crippen molar-refractivity contribution in [2.75, 3.05) is 40.9 Å². The van der Waals surface area contributed by atoms with Crippen LogP contribution in [0.3, 0.4) is 0 Å². The molecule has 3 atom stereocenters. The summed E-state index contributed by atoms with van der Waals surface area (Å²) in [5.41, 5.74) is 0. The third kappa shape index (κ3) is 54.5. The third-order valence-corrected chi connectivity index (χ3v) is 14.8. The van der Waals surface area contributed by atoms with Gasteiger partial charge in [0.2, 0.25) is 5.91 Å². The first-order valence-electron chi connectivity index (χ1n) is 30.4. The zero-order valence-corrected chi connectivity index (χ0v) is 48.2. The topological polar surface area (TPSA) is 105 Å². The minimum absolute atomic E-state index is 0.0575. The zero-order valence-electron chi connectivity index (χ0n) is 47.3. The van der Waals surface area contributed by atoms with Crippen molar-refractivity contribution >= 4 is 13.7 Å². The van der Waals surface area contributed by atoms with Crippen LogP contribution in [0.5, 0.6) is 0 Å². The number of likely N-dealkylation sites (N-methyl/N-ethyl adjacent to an activating group) is 1. The van der Waals surface area contributed by atoms with E-state index >= 15 is 0 Å². The summed E-state index contributed by atoms with van der Waals surface area (Å²) in [6, 6.07) is -0.863. The molecule has 0 saturated carbocycles. The second kappa shape index (κ2) is 52.6. The van der Waals surface area contributed by atoms with E-state index in [1.165, 1.54) is 238 Å². The first-order chi connectivity index (χ1) is 34.0. The number of rotatable bonds is 56. The molecule has 0 spiro atoms. The summed E-state index contributed by atoms with van der Waals surface area (Å²) in [5, 5.41) is 13.9. The fourth-order valence-electron chi connectivity index (χ4n) is 9.06. The van der Waals surface area contributed by atoms with Crippen LogP contribution in [0.4, 0.5) is 0 Å². The van der Waals surface area contributed by atoms with Crippen LogP contribution in [-0.2, 0) is 18.4 Å². The predicted octanol–water partition coefficient (Wildman–Crippen LogP) is 18.5. The number of aliphatic hydroxyl groups excluding tert-OH is 1. The second-order valence-corrected chi connectivity index (χ2v) is 23.5. The van der Waals surface area contributed by atoms with E-state index in [2.05, 4.69) is 43.5 Å². The predicted molar refractivity (Wildman–Crippen MR) is 304 cm³/mol. The Kier molecular flexibility index (Phi) is 51.6. The molecule has 70 heavy (non-hydrogen) atoms. The van der Waals surface area contributed by atoms with Gasteiger partial charge in [0.1, 0.15) is 13.2 Å². The lowest BCUT2D eigenvalue weighted by Gasteiger charge is -2.25. The molecule has 8 nitrogen and oxygen atoms in total. The van der Waals surface area contributed by atoms with Crippen molar-refractivity contribution in [1.29, 1.82) is 0 Å². The number of allylic oxidation sites excluding steroid dienone is 5. The Hall–Kier alpha value is -1.28. The first-order valence-corrected chi connectivity index (χ1v) is 31.9. The van der Waals surface area contributed by atoms with Crippen LogP contribution < -0.4 is 5.32 Å². The summed E-state index contributed by atoms with van der Waals surface area (Å²) in [7, 11) is 1.57. The molecule has 0 rings (SSSR count). The maximum Gasteiger partial charge on any atom is 0.472 e. The molecule has 3 unspecified atom stereocenters. The number of nitrogens with one attached hydrogen (secondary N) is 1. The monoisotopic (exact) mass is 1010 g/mol. The Labute approximate surface area is 436 Å². The van der Waals surface area contributed by atoms with Crippen molar-refractivity contribution in [1.82, 2.24) is 5.32 Å². The van der Waals surface area contributed by atoms with Crippen LogP contribution in [-0.4, -0.2) is 73.4 Å². The average molecular weight is 1010 g/mol. The lowest BCUT2D eigenvalue weighted by Crippen LogP contribution is -2.45. The highest BCUT2D eigenvalue weighted by Gasteiger charge is 2.27. The summed E-state index contributed by atoms with van der Waals surface area (Å²) < 4.78 is 23.7. The Morgan fingerprint density at radius 2 is 0.786 bits per heavy atom. The van der Waals surface area contributed by atoms with Gasteiger partial charge in [-0.15, -0.1) is 0 Å². The lowest BCUT2D eigenvalue weighted by atomic mass is 10.0. The van der Waals surface area contributed by atoms with E-state index < -0.39 is 20.0 Å². The van der Waals surface area contributed by atoms with Crippen molar-refractivity contribution in [3.8, 4) is 0 Å². The number of phosphoric acid groups is 1. The molecule has 0 radical (unpaired) electrons. The van der Waals surface area contributed by atoms with E-state index in [1.54, 1.807) is 6.08 Å². The fraction of sp³-hybridized carbons (Fsp3) is 0.885. The molecule has 0 fully saturated rings. The van der Waals surface area contributed by atoms with E-state index in [4.69, 9.17) is 9.05 Å². The highest BCUT2D eigenvalue weighted by atomic mass is 31.2. The number of carbonyl (C=O) groups is 1. The highest BCUT2D eigenvalue weighted by molar-refractivity contribution is 7.47. The van der Waals surface area contributed by atoms with E-state index in [0.29, 0.717) is 17.4 Å². The van der Waals surface area contributed by atoms with Gasteiger partial charge in [-0.3, -0.25) is 13.8 Å². The molecule has 0 heterocycles. The number of phosphoric ester groups is 1. The van der Waals surface area contributed by atoms with Gasteiger partial charge in [0.15, 0.2) is 0 Å². The van der Waals surface area contributed by atoms with Gasteiger partial charge in [0.25, 0.3) is 0 Å². The van der Waals surface area contributed by atoms with Crippen molar-refractivity contribution in [3.63, 3.8) is 0 Å². The van der Waals surface area contributed by atoms with E-state index in [9.17, 15) is 19.4 Å². The van der Waals surface area contributed by atoms with Crippen LogP contribution in [0.1, 0.15) is 296 Å². The first kappa shape index (κ1) is 68.7. The number of hydrogen-bond donors (Lipinski definition) is 3. The lowest BCUT2D eigenvalue weighted by molar-refractivity contribution is -0.870. The molecule has 3 N–H and O–H groups in total. The molecule has 0 aromatic rings. The van der Waals surface area contributed by atoms with Crippen LogP contribution in [0, 0.1) is 0 Å². The molecule has 0 aliphatic rings. The summed E-state index contributed by atoms with van der Waals surface area (Å²) in [6.45, 7) is 4.83. The summed E-state index contributed by atoms with van der Waals surface area (Å²) in [4.78, 5) is 23.3. The SMILES string of the molecule is CCCCCCCCCC/C=C\CCCCCCCCCCCCCCCCCC(=O)NC(COP(=O)(O)OCC[N+](C)(C)C)C(O)/C=C/CC/C=C/CCCCCCCCCCCCCCCCC. The molecule has 0 aromatic carbocycles. The number of carbonyl (C=O) groups excluding carboxylic acids is 1. The minimum Gasteiger partial charge on any atom is -0.387 e. The summed E-state index contributed by atoms with van der Waals surface area (Å²) >= 11 is 0. The molecular formula is C61H120N2O6P+. The quantitative estimate of drug-likeness (QED) is 0.0243. The second-order valence-electron chi connectivity index (χ2n) is 22.1. The van der Waals surface area contributed by atoms with Gasteiger partial charge in [-0.05, 0) is 57.8 Å². The van der Waals surface area contributed by atoms with Gasteiger partial charge in [-0.25, -0.2) is 4.57 Å². The number of amides is 1. The number of aliphatic hydroxyl groups is 1. The highest BCUT2D eigenvalue weighted by Crippen LogP contribution is 2.43.